The highest BCUT2D eigenvalue weighted by Crippen LogP contribution is 2.68. The predicted octanol–water partition coefficient (Wildman–Crippen LogP) is 3.40. The van der Waals surface area contributed by atoms with E-state index in [-0.39, 0.29) is 23.1 Å². The van der Waals surface area contributed by atoms with E-state index >= 15 is 0 Å². The second kappa shape index (κ2) is 7.82. The molecule has 0 spiro atoms. The molecule has 5 rings (SSSR count). The van der Waals surface area contributed by atoms with Gasteiger partial charge in [0.2, 0.25) is 17.4 Å². The van der Waals surface area contributed by atoms with E-state index in [0.717, 1.165) is 4.47 Å². The second-order valence-corrected chi connectivity index (χ2v) is 9.09. The molecule has 2 heterocycles. The van der Waals surface area contributed by atoms with Gasteiger partial charge in [-0.2, -0.15) is 4.98 Å². The molecule has 9 heteroatoms. The van der Waals surface area contributed by atoms with Crippen molar-refractivity contribution in [2.75, 3.05) is 14.2 Å². The summed E-state index contributed by atoms with van der Waals surface area (Å²) in [6.07, 6.45) is 0. The maximum absolute atomic E-state index is 13.9. The van der Waals surface area contributed by atoms with Gasteiger partial charge in [-0.15, -0.1) is 0 Å². The molecule has 2 aromatic carbocycles. The van der Waals surface area contributed by atoms with Gasteiger partial charge in [-0.1, -0.05) is 58.4 Å². The Morgan fingerprint density at radius 2 is 1.76 bits per heavy atom. The van der Waals surface area contributed by atoms with Crippen molar-refractivity contribution in [2.24, 2.45) is 5.92 Å². The Labute approximate surface area is 203 Å². The number of rotatable bonds is 5. The van der Waals surface area contributed by atoms with Crippen molar-refractivity contribution < 1.29 is 34.0 Å². The van der Waals surface area contributed by atoms with E-state index in [4.69, 9.17) is 14.2 Å². The fraction of sp³-hybridized carbons (Fsp3) is 0.240. The number of nitrogens with zero attached hydrogens (tertiary/aromatic N) is 1. The number of ketones is 1. The third-order valence-corrected chi connectivity index (χ3v) is 7.14. The number of aliphatic carboxylic acids is 1. The van der Waals surface area contributed by atoms with Crippen LogP contribution >= 0.6 is 15.9 Å². The number of fused-ring (bicyclic) bond motifs is 3. The van der Waals surface area contributed by atoms with Gasteiger partial charge in [-0.3, -0.25) is 9.59 Å². The van der Waals surface area contributed by atoms with E-state index in [1.807, 2.05) is 0 Å². The third kappa shape index (κ3) is 2.77. The second-order valence-electron chi connectivity index (χ2n) is 8.17. The first kappa shape index (κ1) is 22.4. The molecule has 0 saturated heterocycles. The zero-order chi connectivity index (χ0) is 24.3. The van der Waals surface area contributed by atoms with Crippen LogP contribution in [0.25, 0.3) is 0 Å². The van der Waals surface area contributed by atoms with Crippen molar-refractivity contribution in [3.8, 4) is 17.5 Å². The van der Waals surface area contributed by atoms with Crippen LogP contribution in [-0.2, 0) is 20.8 Å². The quantitative estimate of drug-likeness (QED) is 0.487. The zero-order valence-corrected chi connectivity index (χ0v) is 19.8. The third-order valence-electron chi connectivity index (χ3n) is 6.61. The van der Waals surface area contributed by atoms with E-state index in [9.17, 15) is 19.8 Å². The topological polar surface area (TPSA) is 115 Å². The summed E-state index contributed by atoms with van der Waals surface area (Å²) in [4.78, 5) is 30.7. The Hall–Kier alpha value is -3.43. The molecule has 1 saturated carbocycles. The molecule has 4 atom stereocenters. The van der Waals surface area contributed by atoms with Crippen molar-refractivity contribution in [1.29, 1.82) is 0 Å². The Balaban J connectivity index is 1.90. The van der Waals surface area contributed by atoms with Crippen molar-refractivity contribution in [3.05, 3.63) is 81.8 Å². The minimum absolute atomic E-state index is 0.0200. The summed E-state index contributed by atoms with van der Waals surface area (Å²) in [6.45, 7) is 0. The highest BCUT2D eigenvalue weighted by atomic mass is 79.9. The van der Waals surface area contributed by atoms with E-state index < -0.39 is 34.8 Å². The van der Waals surface area contributed by atoms with Crippen LogP contribution in [0, 0.1) is 5.92 Å². The lowest BCUT2D eigenvalue weighted by molar-refractivity contribution is -0.154. The summed E-state index contributed by atoms with van der Waals surface area (Å²) in [5, 5.41) is 22.5. The average molecular weight is 526 g/mol. The largest absolute Gasteiger partial charge is 0.481 e. The van der Waals surface area contributed by atoms with Gasteiger partial charge in [-0.05, 0) is 23.3 Å². The molecule has 8 nitrogen and oxygen atoms in total. The molecule has 2 N–H and O–H groups in total. The van der Waals surface area contributed by atoms with Crippen LogP contribution < -0.4 is 14.2 Å². The molecular formula is C25H20BrNO7. The SMILES string of the molecule is COc1cc2c(c(OC)n1)[C@]1(O)C(=O)[C@H](C(=O)O)[C@@H](c3ccccc3)[C@]1(c1ccc(Br)cc1)O2. The lowest BCUT2D eigenvalue weighted by Gasteiger charge is -2.39. The standard InChI is InChI=1S/C25H20BrNO7/c1-32-17-12-16-20(22(27-17)33-2)24(31)21(28)18(23(29)30)19(13-6-4-3-5-7-13)25(24,34-16)14-8-10-15(26)11-9-14/h3-12,18-19,31H,1-2H3,(H,29,30)/t18-,19-,24+,25+/m1/s1. The molecule has 0 amide bonds. The number of hydrogen-bond acceptors (Lipinski definition) is 7. The first-order chi connectivity index (χ1) is 16.3. The van der Waals surface area contributed by atoms with Gasteiger partial charge in [0.1, 0.15) is 17.2 Å². The molecule has 1 aliphatic heterocycles. The number of Topliss-reactive ketones (excluding diaryl/α,β-unsaturated/α-hetero) is 1. The molecule has 1 fully saturated rings. The zero-order valence-electron chi connectivity index (χ0n) is 18.2. The van der Waals surface area contributed by atoms with Crippen LogP contribution in [-0.4, -0.2) is 41.2 Å². The Morgan fingerprint density at radius 3 is 2.35 bits per heavy atom. The molecule has 34 heavy (non-hydrogen) atoms. The molecule has 0 bridgehead atoms. The summed E-state index contributed by atoms with van der Waals surface area (Å²) in [5.74, 6) is -4.70. The van der Waals surface area contributed by atoms with E-state index in [1.165, 1.54) is 20.3 Å². The van der Waals surface area contributed by atoms with Crippen LogP contribution in [0.2, 0.25) is 0 Å². The van der Waals surface area contributed by atoms with Gasteiger partial charge in [0.05, 0.1) is 20.1 Å². The molecule has 0 radical (unpaired) electrons. The first-order valence-electron chi connectivity index (χ1n) is 10.4. The molecule has 0 unspecified atom stereocenters. The number of hydrogen-bond donors (Lipinski definition) is 2. The molecular weight excluding hydrogens is 506 g/mol. The normalized spacial score (nSPS) is 27.0. The number of carbonyl (C=O) groups excluding carboxylic acids is 1. The Bertz CT molecular complexity index is 1300. The minimum Gasteiger partial charge on any atom is -0.481 e. The minimum atomic E-state index is -2.40. The van der Waals surface area contributed by atoms with Crippen LogP contribution in [0.5, 0.6) is 17.5 Å². The van der Waals surface area contributed by atoms with Crippen LogP contribution in [0.4, 0.5) is 0 Å². The van der Waals surface area contributed by atoms with Gasteiger partial charge < -0.3 is 24.4 Å². The highest BCUT2D eigenvalue weighted by Gasteiger charge is 2.79. The molecule has 1 aromatic heterocycles. The number of benzene rings is 2. The van der Waals surface area contributed by atoms with Crippen LogP contribution in [0.3, 0.4) is 0 Å². The van der Waals surface area contributed by atoms with Gasteiger partial charge in [0.25, 0.3) is 0 Å². The summed E-state index contributed by atoms with van der Waals surface area (Å²) in [5.41, 5.74) is -3.26. The number of carboxylic acids is 1. The number of methoxy groups -OCH3 is 2. The van der Waals surface area contributed by atoms with Gasteiger partial charge in [0.15, 0.2) is 11.4 Å². The van der Waals surface area contributed by atoms with Crippen molar-refractivity contribution in [2.45, 2.75) is 17.1 Å². The maximum Gasteiger partial charge on any atom is 0.314 e. The summed E-state index contributed by atoms with van der Waals surface area (Å²) in [7, 11) is 2.76. The fourth-order valence-corrected chi connectivity index (χ4v) is 5.53. The number of aliphatic hydroxyl groups is 1. The van der Waals surface area contributed by atoms with Crippen molar-refractivity contribution in [3.63, 3.8) is 0 Å². The van der Waals surface area contributed by atoms with Crippen LogP contribution in [0.15, 0.2) is 65.1 Å². The smallest absolute Gasteiger partial charge is 0.314 e. The summed E-state index contributed by atoms with van der Waals surface area (Å²) in [6, 6.07) is 17.1. The number of pyridine rings is 1. The molecule has 3 aromatic rings. The average Bonchev–Trinajstić information content (AvgIpc) is 3.22. The van der Waals surface area contributed by atoms with Crippen LogP contribution in [0.1, 0.15) is 22.6 Å². The van der Waals surface area contributed by atoms with Crippen molar-refractivity contribution >= 4 is 27.7 Å². The van der Waals surface area contributed by atoms with Gasteiger partial charge >= 0.3 is 5.97 Å². The summed E-state index contributed by atoms with van der Waals surface area (Å²) < 4.78 is 17.9. The fourth-order valence-electron chi connectivity index (χ4n) is 5.27. The number of aromatic nitrogens is 1. The number of carbonyl (C=O) groups is 2. The Morgan fingerprint density at radius 1 is 1.09 bits per heavy atom. The molecule has 1 aliphatic carbocycles. The highest BCUT2D eigenvalue weighted by molar-refractivity contribution is 9.10. The van der Waals surface area contributed by atoms with E-state index in [1.54, 1.807) is 54.6 Å². The summed E-state index contributed by atoms with van der Waals surface area (Å²) >= 11 is 3.40. The lowest BCUT2D eigenvalue weighted by Crippen LogP contribution is -2.50. The lowest BCUT2D eigenvalue weighted by atomic mass is 9.71. The first-order valence-corrected chi connectivity index (χ1v) is 11.2. The number of ether oxygens (including phenoxy) is 3. The number of halogens is 1. The molecule has 2 aliphatic rings. The monoisotopic (exact) mass is 525 g/mol. The van der Waals surface area contributed by atoms with Gasteiger partial charge in [-0.25, -0.2) is 0 Å². The van der Waals surface area contributed by atoms with E-state index in [0.29, 0.717) is 11.1 Å². The van der Waals surface area contributed by atoms with Crippen molar-refractivity contribution in [1.82, 2.24) is 4.98 Å². The number of carboxylic acid groups (broad SMARTS) is 1. The predicted molar refractivity (Wildman–Crippen MR) is 123 cm³/mol. The maximum atomic E-state index is 13.9. The van der Waals surface area contributed by atoms with E-state index in [2.05, 4.69) is 20.9 Å². The van der Waals surface area contributed by atoms with Gasteiger partial charge in [0, 0.05) is 10.5 Å². The molecule has 174 valence electrons. The Kier molecular flexibility index (Phi) is 5.14.